The summed E-state index contributed by atoms with van der Waals surface area (Å²) >= 11 is 0. The van der Waals surface area contributed by atoms with Gasteiger partial charge in [-0.25, -0.2) is 9.37 Å². The third-order valence-corrected chi connectivity index (χ3v) is 2.74. The summed E-state index contributed by atoms with van der Waals surface area (Å²) in [7, 11) is 0. The minimum atomic E-state index is -0.194. The average Bonchev–Trinajstić information content (AvgIpc) is 2.74. The second-order valence-electron chi connectivity index (χ2n) is 4.18. The Morgan fingerprint density at radius 3 is 3.00 bits per heavy atom. The lowest BCUT2D eigenvalue weighted by Crippen LogP contribution is -2.12. The molecule has 0 spiro atoms. The Balaban J connectivity index is 2.05. The number of benzene rings is 1. The molecule has 3 nitrogen and oxygen atoms in total. The summed E-state index contributed by atoms with van der Waals surface area (Å²) in [5.74, 6) is -0.194. The molecule has 1 aromatic heterocycles. The van der Waals surface area contributed by atoms with Crippen LogP contribution in [0.1, 0.15) is 24.2 Å². The van der Waals surface area contributed by atoms with Gasteiger partial charge in [0.1, 0.15) is 5.82 Å². The van der Waals surface area contributed by atoms with E-state index in [2.05, 4.69) is 4.98 Å². The number of halogens is 1. The van der Waals surface area contributed by atoms with Crippen LogP contribution in [-0.2, 0) is 13.0 Å². The van der Waals surface area contributed by atoms with Crippen molar-refractivity contribution in [1.29, 1.82) is 0 Å². The molecule has 2 N–H and O–H groups in total. The number of nitrogens with zero attached hydrogens (tertiary/aromatic N) is 2. The lowest BCUT2D eigenvalue weighted by Gasteiger charge is -2.10. The number of nitrogens with two attached hydrogens (primary N) is 1. The van der Waals surface area contributed by atoms with Gasteiger partial charge in [-0.05, 0) is 31.0 Å². The maximum Gasteiger partial charge on any atom is 0.123 e. The molecule has 0 saturated heterocycles. The van der Waals surface area contributed by atoms with Gasteiger partial charge < -0.3 is 10.3 Å². The first-order valence-corrected chi connectivity index (χ1v) is 5.67. The second kappa shape index (κ2) is 5.10. The maximum atomic E-state index is 13.0. The number of imidazole rings is 1. The highest BCUT2D eigenvalue weighted by Crippen LogP contribution is 2.11. The molecule has 0 fully saturated rings. The molecule has 0 amide bonds. The molecule has 1 atom stereocenters. The second-order valence-corrected chi connectivity index (χ2v) is 4.18. The number of aromatic nitrogens is 2. The molecule has 4 heteroatoms. The summed E-state index contributed by atoms with van der Waals surface area (Å²) in [6.45, 7) is 2.69. The number of rotatable bonds is 4. The first-order valence-electron chi connectivity index (χ1n) is 5.67. The molecule has 17 heavy (non-hydrogen) atoms. The van der Waals surface area contributed by atoms with Gasteiger partial charge in [-0.15, -0.1) is 0 Å². The number of hydrogen-bond acceptors (Lipinski definition) is 2. The molecule has 2 aromatic rings. The van der Waals surface area contributed by atoms with Gasteiger partial charge >= 0.3 is 0 Å². The Kier molecular flexibility index (Phi) is 3.54. The Labute approximate surface area is 100 Å². The summed E-state index contributed by atoms with van der Waals surface area (Å²) in [5, 5.41) is 0. The summed E-state index contributed by atoms with van der Waals surface area (Å²) in [6.07, 6.45) is 4.31. The zero-order valence-electron chi connectivity index (χ0n) is 9.81. The van der Waals surface area contributed by atoms with Gasteiger partial charge in [-0.3, -0.25) is 0 Å². The van der Waals surface area contributed by atoms with Gasteiger partial charge in [0.2, 0.25) is 0 Å². The molecule has 1 aromatic carbocycles. The first kappa shape index (κ1) is 11.8. The van der Waals surface area contributed by atoms with Crippen LogP contribution in [0.5, 0.6) is 0 Å². The smallest absolute Gasteiger partial charge is 0.123 e. The molecular formula is C13H16FN3. The first-order chi connectivity index (χ1) is 8.16. The summed E-state index contributed by atoms with van der Waals surface area (Å²) < 4.78 is 15.0. The molecule has 0 saturated carbocycles. The monoisotopic (exact) mass is 233 g/mol. The Morgan fingerprint density at radius 1 is 1.47 bits per heavy atom. The molecule has 0 unspecified atom stereocenters. The molecule has 2 rings (SSSR count). The minimum absolute atomic E-state index is 0.0370. The highest BCUT2D eigenvalue weighted by atomic mass is 19.1. The summed E-state index contributed by atoms with van der Waals surface area (Å²) in [6, 6.07) is 6.62. The van der Waals surface area contributed by atoms with E-state index in [-0.39, 0.29) is 11.9 Å². The van der Waals surface area contributed by atoms with Crippen molar-refractivity contribution in [1.82, 2.24) is 9.55 Å². The van der Waals surface area contributed by atoms with Crippen LogP contribution in [-0.4, -0.2) is 9.55 Å². The van der Waals surface area contributed by atoms with Gasteiger partial charge in [0.15, 0.2) is 0 Å². The van der Waals surface area contributed by atoms with Crippen LogP contribution in [0.25, 0.3) is 0 Å². The Morgan fingerprint density at radius 2 is 2.29 bits per heavy atom. The van der Waals surface area contributed by atoms with Crippen LogP contribution in [0.2, 0.25) is 0 Å². The summed E-state index contributed by atoms with van der Waals surface area (Å²) in [5.41, 5.74) is 7.81. The highest BCUT2D eigenvalue weighted by molar-refractivity contribution is 5.16. The van der Waals surface area contributed by atoms with Crippen LogP contribution >= 0.6 is 0 Å². The molecule has 90 valence electrons. The summed E-state index contributed by atoms with van der Waals surface area (Å²) in [4.78, 5) is 4.08. The van der Waals surface area contributed by atoms with E-state index in [4.69, 9.17) is 5.73 Å². The molecular weight excluding hydrogens is 217 g/mol. The van der Waals surface area contributed by atoms with E-state index in [1.165, 1.54) is 6.07 Å². The van der Waals surface area contributed by atoms with E-state index in [0.29, 0.717) is 0 Å². The van der Waals surface area contributed by atoms with Crippen molar-refractivity contribution in [3.63, 3.8) is 0 Å². The molecule has 0 aliphatic rings. The van der Waals surface area contributed by atoms with Crippen molar-refractivity contribution < 1.29 is 4.39 Å². The van der Waals surface area contributed by atoms with Gasteiger partial charge in [-0.2, -0.15) is 0 Å². The van der Waals surface area contributed by atoms with Gasteiger partial charge in [-0.1, -0.05) is 12.1 Å². The maximum absolute atomic E-state index is 13.0. The van der Waals surface area contributed by atoms with Crippen molar-refractivity contribution >= 4 is 0 Å². The van der Waals surface area contributed by atoms with E-state index < -0.39 is 0 Å². The molecule has 0 bridgehead atoms. The molecule has 0 aliphatic carbocycles. The predicted molar refractivity (Wildman–Crippen MR) is 64.9 cm³/mol. The van der Waals surface area contributed by atoms with E-state index >= 15 is 0 Å². The minimum Gasteiger partial charge on any atom is -0.333 e. The lowest BCUT2D eigenvalue weighted by atomic mass is 10.1. The van der Waals surface area contributed by atoms with Crippen LogP contribution in [0.3, 0.4) is 0 Å². The van der Waals surface area contributed by atoms with Crippen molar-refractivity contribution in [2.75, 3.05) is 0 Å². The van der Waals surface area contributed by atoms with Crippen LogP contribution in [0.15, 0.2) is 36.8 Å². The Hall–Kier alpha value is -1.68. The largest absolute Gasteiger partial charge is 0.333 e. The predicted octanol–water partition coefficient (Wildman–Crippen LogP) is 2.28. The normalized spacial score (nSPS) is 12.6. The van der Waals surface area contributed by atoms with Crippen LogP contribution < -0.4 is 5.73 Å². The van der Waals surface area contributed by atoms with E-state index in [1.54, 1.807) is 24.7 Å². The van der Waals surface area contributed by atoms with Gasteiger partial charge in [0.25, 0.3) is 0 Å². The highest BCUT2D eigenvalue weighted by Gasteiger charge is 2.06. The third kappa shape index (κ3) is 2.91. The zero-order chi connectivity index (χ0) is 12.3. The third-order valence-electron chi connectivity index (χ3n) is 2.74. The van der Waals surface area contributed by atoms with Crippen LogP contribution in [0.4, 0.5) is 4.39 Å². The topological polar surface area (TPSA) is 43.8 Å². The fraction of sp³-hybridized carbons (Fsp3) is 0.308. The van der Waals surface area contributed by atoms with Crippen molar-refractivity contribution in [2.24, 2.45) is 5.73 Å². The van der Waals surface area contributed by atoms with Crippen molar-refractivity contribution in [2.45, 2.75) is 25.9 Å². The molecule has 0 aliphatic heterocycles. The van der Waals surface area contributed by atoms with Gasteiger partial charge in [0.05, 0.1) is 12.0 Å². The number of hydrogen-bond donors (Lipinski definition) is 1. The molecule has 1 heterocycles. The van der Waals surface area contributed by atoms with E-state index in [9.17, 15) is 4.39 Å². The van der Waals surface area contributed by atoms with E-state index in [1.807, 2.05) is 17.6 Å². The fourth-order valence-corrected chi connectivity index (χ4v) is 1.84. The fourth-order valence-electron chi connectivity index (χ4n) is 1.84. The van der Waals surface area contributed by atoms with Gasteiger partial charge in [0, 0.05) is 18.8 Å². The molecule has 0 radical (unpaired) electrons. The zero-order valence-corrected chi connectivity index (χ0v) is 9.81. The number of aryl methyl sites for hydroxylation is 2. The standard InChI is InChI=1S/C13H16FN3/c1-10(15)13-8-16-9-17(13)6-5-11-3-2-4-12(14)7-11/h2-4,7-10H,5-6,15H2,1H3/t10-/m0/s1. The van der Waals surface area contributed by atoms with Crippen molar-refractivity contribution in [3.8, 4) is 0 Å². The lowest BCUT2D eigenvalue weighted by molar-refractivity contribution is 0.610. The van der Waals surface area contributed by atoms with E-state index in [0.717, 1.165) is 24.2 Å². The van der Waals surface area contributed by atoms with Crippen molar-refractivity contribution in [3.05, 3.63) is 53.9 Å². The van der Waals surface area contributed by atoms with Crippen LogP contribution in [0, 0.1) is 5.82 Å². The Bertz CT molecular complexity index is 491. The quantitative estimate of drug-likeness (QED) is 0.880. The average molecular weight is 233 g/mol. The SMILES string of the molecule is C[C@H](N)c1cncn1CCc1cccc(F)c1.